The largest absolute Gasteiger partial charge is 0.490 e. The Morgan fingerprint density at radius 3 is 1.27 bits per heavy atom. The Balaban J connectivity index is 1.85. The van der Waals surface area contributed by atoms with Crippen LogP contribution >= 0.6 is 47.8 Å². The first-order valence-corrected chi connectivity index (χ1v) is 17.5. The van der Waals surface area contributed by atoms with Crippen LogP contribution in [0.15, 0.2) is 97.2 Å². The number of halogens is 3. The van der Waals surface area contributed by atoms with Crippen molar-refractivity contribution in [1.82, 2.24) is 4.72 Å². The van der Waals surface area contributed by atoms with E-state index < -0.39 is 53.3 Å². The number of nitrogens with one attached hydrogen (secondary N) is 1. The van der Waals surface area contributed by atoms with Crippen LogP contribution in [-0.2, 0) is 10.0 Å². The van der Waals surface area contributed by atoms with E-state index >= 15 is 0 Å². The first kappa shape index (κ1) is 36.9. The van der Waals surface area contributed by atoms with Crippen LogP contribution in [0.25, 0.3) is 0 Å². The summed E-state index contributed by atoms with van der Waals surface area (Å²) in [5.74, 6) is -4.37. The first-order chi connectivity index (χ1) is 22.6. The molecule has 4 aromatic rings. The summed E-state index contributed by atoms with van der Waals surface area (Å²) in [6, 6.07) is 18.5. The third-order valence-corrected chi connectivity index (χ3v) is 9.78. The van der Waals surface area contributed by atoms with Gasteiger partial charge in [-0.05, 0) is 73.7 Å². The molecule has 0 fully saturated rings. The molecule has 0 radical (unpaired) electrons. The summed E-state index contributed by atoms with van der Waals surface area (Å²) < 4.78 is 49.5. The number of carboxylic acid groups (broad SMARTS) is 3. The molecule has 0 saturated heterocycles. The molecule has 4 rings (SSSR count). The van der Waals surface area contributed by atoms with Gasteiger partial charge in [0.05, 0.1) is 4.90 Å². The number of hydrogen-bond acceptors (Lipinski definition) is 8. The fourth-order valence-electron chi connectivity index (χ4n) is 4.31. The van der Waals surface area contributed by atoms with Crippen LogP contribution in [-0.4, -0.2) is 67.0 Å². The second-order valence-electron chi connectivity index (χ2n) is 10.4. The number of aryl methyl sites for hydroxylation is 1. The molecule has 4 N–H and O–H groups in total. The van der Waals surface area contributed by atoms with Gasteiger partial charge in [-0.2, -0.15) is 4.72 Å². The van der Waals surface area contributed by atoms with Crippen LogP contribution in [0, 0.1) is 6.92 Å². The lowest BCUT2D eigenvalue weighted by molar-refractivity contribution is 0.0667. The van der Waals surface area contributed by atoms with Gasteiger partial charge in [0, 0.05) is 13.4 Å². The molecule has 0 saturated carbocycles. The first-order valence-electron chi connectivity index (χ1n) is 13.7. The highest BCUT2D eigenvalue weighted by atomic mass is 79.9. The van der Waals surface area contributed by atoms with Crippen LogP contribution in [0.1, 0.15) is 36.6 Å². The molecular weight excluding hydrogens is 846 g/mol. The highest BCUT2D eigenvalue weighted by Crippen LogP contribution is 2.29. The van der Waals surface area contributed by atoms with Crippen LogP contribution < -0.4 is 18.9 Å². The molecule has 4 aromatic carbocycles. The van der Waals surface area contributed by atoms with Crippen molar-refractivity contribution in [2.24, 2.45) is 0 Å². The Labute approximate surface area is 300 Å². The molecule has 0 aromatic heterocycles. The van der Waals surface area contributed by atoms with Crippen molar-refractivity contribution >= 4 is 75.7 Å². The second kappa shape index (κ2) is 15.5. The van der Waals surface area contributed by atoms with Crippen LogP contribution in [0.5, 0.6) is 17.2 Å². The number of ether oxygens (including phenoxy) is 3. The van der Waals surface area contributed by atoms with Crippen LogP contribution in [0.2, 0.25) is 0 Å². The zero-order chi connectivity index (χ0) is 35.2. The van der Waals surface area contributed by atoms with E-state index in [-0.39, 0.29) is 38.8 Å². The summed E-state index contributed by atoms with van der Waals surface area (Å²) in [5.41, 5.74) is -1.89. The van der Waals surface area contributed by atoms with Crippen molar-refractivity contribution in [2.45, 2.75) is 17.4 Å². The molecule has 0 aliphatic carbocycles. The maximum absolute atomic E-state index is 13.9. The van der Waals surface area contributed by atoms with Gasteiger partial charge in [0.15, 0.2) is 0 Å². The SMILES string of the molecule is Cc1ccc(S(=O)(=O)NC(COc2ccc(Br)cc2C(=O)O)(COc2ccc(Br)cc2C(=O)O)COc2ccc(Br)cc2C(=O)O)cc1. The third-order valence-electron chi connectivity index (χ3n) is 6.71. The number of benzene rings is 4. The van der Waals surface area contributed by atoms with Gasteiger partial charge < -0.3 is 29.5 Å². The van der Waals surface area contributed by atoms with E-state index in [1.165, 1.54) is 66.7 Å². The fraction of sp³-hybridized carbons (Fsp3) is 0.156. The van der Waals surface area contributed by atoms with Gasteiger partial charge in [-0.15, -0.1) is 0 Å². The van der Waals surface area contributed by atoms with Crippen LogP contribution in [0.4, 0.5) is 0 Å². The lowest BCUT2D eigenvalue weighted by atomic mass is 10.0. The highest BCUT2D eigenvalue weighted by Gasteiger charge is 2.40. The molecule has 0 amide bonds. The van der Waals surface area contributed by atoms with E-state index in [0.29, 0.717) is 13.4 Å². The summed E-state index contributed by atoms with van der Waals surface area (Å²) in [7, 11) is -4.41. The summed E-state index contributed by atoms with van der Waals surface area (Å²) >= 11 is 9.66. The van der Waals surface area contributed by atoms with Crippen molar-refractivity contribution in [1.29, 1.82) is 0 Å². The minimum Gasteiger partial charge on any atom is -0.490 e. The smallest absolute Gasteiger partial charge is 0.339 e. The zero-order valence-corrected chi connectivity index (χ0v) is 30.4. The van der Waals surface area contributed by atoms with Crippen molar-refractivity contribution in [3.63, 3.8) is 0 Å². The predicted octanol–water partition coefficient (Wildman–Crippen LogP) is 6.63. The zero-order valence-electron chi connectivity index (χ0n) is 24.8. The average Bonchev–Trinajstić information content (AvgIpc) is 3.02. The number of sulfonamides is 1. The number of hydrogen-bond donors (Lipinski definition) is 4. The molecule has 0 bridgehead atoms. The molecule has 16 heteroatoms. The van der Waals surface area contributed by atoms with Gasteiger partial charge >= 0.3 is 17.9 Å². The molecule has 0 unspecified atom stereocenters. The highest BCUT2D eigenvalue weighted by molar-refractivity contribution is 9.11. The molecule has 0 aliphatic rings. The minimum absolute atomic E-state index is 0.130. The Hall–Kier alpha value is -3.96. The molecular formula is C32H26Br3NO11S. The van der Waals surface area contributed by atoms with E-state index in [1.54, 1.807) is 19.1 Å². The lowest BCUT2D eigenvalue weighted by Gasteiger charge is -2.34. The molecule has 12 nitrogen and oxygen atoms in total. The normalized spacial score (nSPS) is 11.5. The molecule has 0 heterocycles. The number of rotatable bonds is 15. The number of aromatic carboxylic acids is 3. The summed E-state index contributed by atoms with van der Waals surface area (Å²) in [6.07, 6.45) is 0. The van der Waals surface area contributed by atoms with E-state index in [4.69, 9.17) is 14.2 Å². The Morgan fingerprint density at radius 1 is 0.625 bits per heavy atom. The third kappa shape index (κ3) is 9.35. The van der Waals surface area contributed by atoms with Gasteiger partial charge in [-0.1, -0.05) is 65.5 Å². The van der Waals surface area contributed by atoms with Gasteiger partial charge in [-0.3, -0.25) is 0 Å². The van der Waals surface area contributed by atoms with E-state index in [2.05, 4.69) is 52.5 Å². The van der Waals surface area contributed by atoms with Crippen LogP contribution in [0.3, 0.4) is 0 Å². The van der Waals surface area contributed by atoms with Crippen molar-refractivity contribution in [3.05, 3.63) is 115 Å². The molecule has 0 atom stereocenters. The molecule has 0 spiro atoms. The van der Waals surface area contributed by atoms with E-state index in [9.17, 15) is 38.1 Å². The molecule has 48 heavy (non-hydrogen) atoms. The lowest BCUT2D eigenvalue weighted by Crippen LogP contribution is -2.60. The summed E-state index contributed by atoms with van der Waals surface area (Å²) in [4.78, 5) is 36.0. The Bertz CT molecular complexity index is 1810. The summed E-state index contributed by atoms with van der Waals surface area (Å²) in [6.45, 7) is -0.105. The van der Waals surface area contributed by atoms with Gasteiger partial charge in [0.25, 0.3) is 0 Å². The van der Waals surface area contributed by atoms with Gasteiger partial charge in [0.1, 0.15) is 59.3 Å². The van der Waals surface area contributed by atoms with Crippen molar-refractivity contribution < 1.29 is 52.3 Å². The molecule has 0 aliphatic heterocycles. The van der Waals surface area contributed by atoms with E-state index in [0.717, 1.165) is 5.56 Å². The summed E-state index contributed by atoms with van der Waals surface area (Å²) in [5, 5.41) is 29.4. The Morgan fingerprint density at radius 2 is 0.958 bits per heavy atom. The standard InChI is InChI=1S/C32H26Br3NO11S/c1-18-2-7-22(8-3-18)48(43,44)36-32(15-45-26-9-4-19(33)12-23(26)29(37)38,16-46-27-10-5-20(34)13-24(27)30(39)40)17-47-28-11-6-21(35)14-25(28)31(41)42/h2-14,36H,15-17H2,1H3,(H,37,38)(H,39,40)(H,41,42). The monoisotopic (exact) mass is 869 g/mol. The van der Waals surface area contributed by atoms with Gasteiger partial charge in [0.2, 0.25) is 10.0 Å². The second-order valence-corrected chi connectivity index (χ2v) is 14.8. The number of carboxylic acids is 3. The maximum Gasteiger partial charge on any atom is 0.339 e. The average molecular weight is 872 g/mol. The topological polar surface area (TPSA) is 186 Å². The molecule has 252 valence electrons. The quantitative estimate of drug-likeness (QED) is 0.101. The fourth-order valence-corrected chi connectivity index (χ4v) is 6.75. The van der Waals surface area contributed by atoms with Gasteiger partial charge in [-0.25, -0.2) is 22.8 Å². The predicted molar refractivity (Wildman–Crippen MR) is 184 cm³/mol. The Kier molecular flexibility index (Phi) is 11.9. The maximum atomic E-state index is 13.9. The van der Waals surface area contributed by atoms with Crippen molar-refractivity contribution in [2.75, 3.05) is 19.8 Å². The minimum atomic E-state index is -4.41. The van der Waals surface area contributed by atoms with E-state index in [1.807, 2.05) is 0 Å². The number of carbonyl (C=O) groups is 3. The van der Waals surface area contributed by atoms with Crippen molar-refractivity contribution in [3.8, 4) is 17.2 Å².